The number of thiophene rings is 11. The highest BCUT2D eigenvalue weighted by atomic mass is 32.1. The Morgan fingerprint density at radius 2 is 0.641 bits per heavy atom. The van der Waals surface area contributed by atoms with Crippen molar-refractivity contribution in [3.05, 3.63) is 22.9 Å². The third kappa shape index (κ3) is 2.32. The Bertz CT molecular complexity index is 3010. The highest BCUT2D eigenvalue weighted by Crippen LogP contribution is 2.60. The normalized spacial score (nSPS) is 13.8. The summed E-state index contributed by atoms with van der Waals surface area (Å²) in [6.45, 7) is 0. The van der Waals surface area contributed by atoms with Crippen molar-refractivity contribution in [3.8, 4) is 0 Å². The van der Waals surface area contributed by atoms with Crippen LogP contribution >= 0.6 is 125 Å². The van der Waals surface area contributed by atoms with Crippen molar-refractivity contribution >= 4 is 230 Å². The molecular formula is C27H7NS11. The van der Waals surface area contributed by atoms with Gasteiger partial charge in [0.25, 0.3) is 0 Å². The van der Waals surface area contributed by atoms with Crippen molar-refractivity contribution in [1.82, 2.24) is 4.57 Å². The first kappa shape index (κ1) is 21.5. The fourth-order valence-electron chi connectivity index (χ4n) is 6.11. The number of hydrogen-bond donors (Lipinski definition) is 0. The Morgan fingerprint density at radius 1 is 0.359 bits per heavy atom. The lowest BCUT2D eigenvalue weighted by atomic mass is 10.4. The van der Waals surface area contributed by atoms with Gasteiger partial charge in [0.1, 0.15) is 0 Å². The van der Waals surface area contributed by atoms with Crippen LogP contribution in [-0.2, 0) is 7.05 Å². The summed E-state index contributed by atoms with van der Waals surface area (Å²) < 4.78 is 32.5. The molecule has 0 unspecified atom stereocenters. The van der Waals surface area contributed by atoms with Gasteiger partial charge in [0, 0.05) is 16.4 Å². The predicted molar refractivity (Wildman–Crippen MR) is 195 cm³/mol. The molecule has 12 aromatic heterocycles. The van der Waals surface area contributed by atoms with Crippen LogP contribution in [0.15, 0.2) is 22.9 Å². The average Bonchev–Trinajstić information content (AvgIpc) is 3.72. The van der Waals surface area contributed by atoms with Crippen LogP contribution in [0.2, 0.25) is 0 Å². The van der Waals surface area contributed by atoms with Crippen LogP contribution in [0.1, 0.15) is 0 Å². The molecule has 12 heteroatoms. The maximum atomic E-state index is 2.51. The summed E-state index contributed by atoms with van der Waals surface area (Å²) in [4.78, 5) is 0. The summed E-state index contributed by atoms with van der Waals surface area (Å²) in [6.07, 6.45) is 0. The Hall–Kier alpha value is -1.16. The topological polar surface area (TPSA) is 4.93 Å². The molecule has 0 aliphatic heterocycles. The molecule has 0 fully saturated rings. The highest BCUT2D eigenvalue weighted by Gasteiger charge is 2.27. The van der Waals surface area contributed by atoms with Gasteiger partial charge in [-0.3, -0.25) is 0 Å². The van der Waals surface area contributed by atoms with Gasteiger partial charge >= 0.3 is 0 Å². The van der Waals surface area contributed by atoms with E-state index in [2.05, 4.69) is 57.2 Å². The molecule has 0 saturated carbocycles. The Labute approximate surface area is 261 Å². The summed E-state index contributed by atoms with van der Waals surface area (Å²) in [6, 6.07) is 4.57. The van der Waals surface area contributed by atoms with Crippen molar-refractivity contribution in [1.29, 1.82) is 0 Å². The molecule has 0 atom stereocenters. The first-order valence-electron chi connectivity index (χ1n) is 11.9. The number of nitrogens with zero attached hydrogens (tertiary/aromatic N) is 1. The summed E-state index contributed by atoms with van der Waals surface area (Å²) in [5.41, 5.74) is 2.90. The van der Waals surface area contributed by atoms with Crippen molar-refractivity contribution < 1.29 is 0 Å². The molecule has 12 rings (SSSR count). The summed E-state index contributed by atoms with van der Waals surface area (Å²) >= 11 is 22.0. The maximum Gasteiger partial charge on any atom is 0.0789 e. The summed E-state index contributed by atoms with van der Waals surface area (Å²) in [7, 11) is 2.30. The second-order valence-electron chi connectivity index (χ2n) is 9.67. The molecule has 0 aromatic carbocycles. The number of aromatic nitrogens is 1. The molecular weight excluding hydrogens is 691 g/mol. The van der Waals surface area contributed by atoms with E-state index in [-0.39, 0.29) is 0 Å². The lowest BCUT2D eigenvalue weighted by Gasteiger charge is -1.94. The van der Waals surface area contributed by atoms with Crippen LogP contribution in [0.5, 0.6) is 0 Å². The van der Waals surface area contributed by atoms with E-state index in [1.807, 2.05) is 102 Å². The van der Waals surface area contributed by atoms with Crippen LogP contribution in [-0.4, -0.2) is 4.57 Å². The minimum Gasteiger partial charge on any atom is -0.340 e. The van der Waals surface area contributed by atoms with Crippen LogP contribution in [0.25, 0.3) is 105 Å². The van der Waals surface area contributed by atoms with E-state index in [1.165, 1.54) is 105 Å². The molecule has 12 heterocycles. The molecule has 0 N–H and O–H groups in total. The van der Waals surface area contributed by atoms with E-state index in [4.69, 9.17) is 0 Å². The largest absolute Gasteiger partial charge is 0.340 e. The van der Waals surface area contributed by atoms with Crippen LogP contribution < -0.4 is 0 Å². The average molecular weight is 698 g/mol. The van der Waals surface area contributed by atoms with Gasteiger partial charge in [-0.15, -0.1) is 125 Å². The highest BCUT2D eigenvalue weighted by molar-refractivity contribution is 7.53. The van der Waals surface area contributed by atoms with Crippen LogP contribution in [0.3, 0.4) is 0 Å². The maximum absolute atomic E-state index is 2.51. The molecule has 0 amide bonds. The minimum absolute atomic E-state index is 1.44. The van der Waals surface area contributed by atoms with Gasteiger partial charge in [0.05, 0.1) is 95.6 Å². The molecule has 0 radical (unpaired) electrons. The molecule has 0 aliphatic rings. The van der Waals surface area contributed by atoms with Gasteiger partial charge < -0.3 is 4.57 Å². The van der Waals surface area contributed by atoms with Gasteiger partial charge in [-0.25, -0.2) is 0 Å². The Kier molecular flexibility index (Phi) is 3.81. The fourth-order valence-corrected chi connectivity index (χ4v) is 22.4. The number of hydrogen-bond acceptors (Lipinski definition) is 11. The van der Waals surface area contributed by atoms with E-state index in [0.717, 1.165) is 0 Å². The van der Waals surface area contributed by atoms with Gasteiger partial charge in [0.15, 0.2) is 0 Å². The zero-order chi connectivity index (χ0) is 24.9. The zero-order valence-corrected chi connectivity index (χ0v) is 28.2. The summed E-state index contributed by atoms with van der Waals surface area (Å²) in [5.74, 6) is 0. The third-order valence-electron chi connectivity index (χ3n) is 7.74. The van der Waals surface area contributed by atoms with Crippen molar-refractivity contribution in [2.45, 2.75) is 0 Å². The SMILES string of the molecule is Cn1c2c3sc4ccsc4c3sc2c2sc3c4sc5c6sc7c8sc9ccsc9c8sc7c6sc5c4sc3c21. The quantitative estimate of drug-likeness (QED) is 0.149. The first-order valence-corrected chi connectivity index (χ1v) is 21.1. The Balaban J connectivity index is 1.17. The van der Waals surface area contributed by atoms with Gasteiger partial charge in [0.2, 0.25) is 0 Å². The van der Waals surface area contributed by atoms with Gasteiger partial charge in [-0.1, -0.05) is 0 Å². The Morgan fingerprint density at radius 3 is 1.13 bits per heavy atom. The zero-order valence-electron chi connectivity index (χ0n) is 19.2. The second kappa shape index (κ2) is 6.90. The van der Waals surface area contributed by atoms with Gasteiger partial charge in [-0.2, -0.15) is 0 Å². The molecule has 12 aromatic rings. The monoisotopic (exact) mass is 697 g/mol. The minimum atomic E-state index is 1.44. The predicted octanol–water partition coefficient (Wildman–Crippen LogP) is 14.4. The van der Waals surface area contributed by atoms with E-state index in [9.17, 15) is 0 Å². The molecule has 0 bridgehead atoms. The molecule has 186 valence electrons. The number of fused-ring (bicyclic) bond motifs is 21. The third-order valence-corrected chi connectivity index (χ3v) is 22.7. The van der Waals surface area contributed by atoms with Crippen LogP contribution in [0.4, 0.5) is 0 Å². The summed E-state index contributed by atoms with van der Waals surface area (Å²) in [5, 5.41) is 4.48. The van der Waals surface area contributed by atoms with E-state index < -0.39 is 0 Å². The molecule has 0 spiro atoms. The first-order chi connectivity index (χ1) is 19.2. The van der Waals surface area contributed by atoms with Crippen molar-refractivity contribution in [3.63, 3.8) is 0 Å². The smallest absolute Gasteiger partial charge is 0.0789 e. The van der Waals surface area contributed by atoms with Crippen molar-refractivity contribution in [2.75, 3.05) is 0 Å². The number of aryl methyl sites for hydroxylation is 1. The number of rotatable bonds is 0. The van der Waals surface area contributed by atoms with Crippen LogP contribution in [0, 0.1) is 0 Å². The lowest BCUT2D eigenvalue weighted by Crippen LogP contribution is -1.83. The molecule has 1 nitrogen and oxygen atoms in total. The van der Waals surface area contributed by atoms with E-state index >= 15 is 0 Å². The lowest BCUT2D eigenvalue weighted by molar-refractivity contribution is 1.03. The second-order valence-corrected chi connectivity index (χ2v) is 20.7. The molecule has 0 aliphatic carbocycles. The fraction of sp³-hybridized carbons (Fsp3) is 0.0370. The van der Waals surface area contributed by atoms with E-state index in [1.54, 1.807) is 0 Å². The van der Waals surface area contributed by atoms with Crippen molar-refractivity contribution in [2.24, 2.45) is 7.05 Å². The van der Waals surface area contributed by atoms with E-state index in [0.29, 0.717) is 0 Å². The standard InChI is InChI=1S/C27H7NS11/c1-28-8-12(33-16-10-6(2-4-29-10)31-14(8)16)13-9(28)15-18(34-13)20-22(35-15)24-26(37-20)27-25(39-24)23-21(38-27)19-17(36-23)11-7(32-19)3-5-30-11/h2-5H,1H3. The van der Waals surface area contributed by atoms with Gasteiger partial charge in [-0.05, 0) is 22.9 Å². The molecule has 39 heavy (non-hydrogen) atoms. The molecule has 0 saturated heterocycles.